The van der Waals surface area contributed by atoms with E-state index in [9.17, 15) is 0 Å². The molecule has 2 nitrogen and oxygen atoms in total. The lowest BCUT2D eigenvalue weighted by Crippen LogP contribution is -2.13. The lowest BCUT2D eigenvalue weighted by atomic mass is 9.79. The quantitative estimate of drug-likeness (QED) is 0.178. The fraction of sp³-hybridized carbons (Fsp3) is 0.606. The van der Waals surface area contributed by atoms with Gasteiger partial charge in [0.15, 0.2) is 0 Å². The van der Waals surface area contributed by atoms with Crippen LogP contribution in [0.15, 0.2) is 54.7 Å². The van der Waals surface area contributed by atoms with Gasteiger partial charge in [-0.2, -0.15) is 0 Å². The Morgan fingerprint density at radius 2 is 1.51 bits per heavy atom. The van der Waals surface area contributed by atoms with Crippen LogP contribution in [0.4, 0.5) is 0 Å². The summed E-state index contributed by atoms with van der Waals surface area (Å²) >= 11 is 0. The topological polar surface area (TPSA) is 22.1 Å². The minimum absolute atomic E-state index is 0.654. The molecule has 1 fully saturated rings. The van der Waals surface area contributed by atoms with E-state index < -0.39 is 0 Å². The van der Waals surface area contributed by atoms with Crippen molar-refractivity contribution >= 4 is 0 Å². The summed E-state index contributed by atoms with van der Waals surface area (Å²) in [6, 6.07) is 12.8. The first-order valence-electron chi connectivity index (χ1n) is 14.6. The van der Waals surface area contributed by atoms with Crippen LogP contribution >= 0.6 is 0 Å². The van der Waals surface area contributed by atoms with Gasteiger partial charge in [0.1, 0.15) is 12.4 Å². The highest BCUT2D eigenvalue weighted by molar-refractivity contribution is 5.60. The minimum atomic E-state index is 0.654. The fourth-order valence-corrected chi connectivity index (χ4v) is 5.32. The SMILES string of the molecule is CCCCCCCCc1ccc(-c2ccc(OCC=C[C@H]3CC[C@H](CCCCC)CC3)cc2)nc1. The van der Waals surface area contributed by atoms with Gasteiger partial charge in [-0.3, -0.25) is 4.98 Å². The third-order valence-corrected chi connectivity index (χ3v) is 7.66. The van der Waals surface area contributed by atoms with Crippen molar-refractivity contribution in [1.29, 1.82) is 0 Å². The first-order valence-corrected chi connectivity index (χ1v) is 14.6. The molecule has 192 valence electrons. The summed E-state index contributed by atoms with van der Waals surface area (Å²) in [6.45, 7) is 5.22. The zero-order valence-electron chi connectivity index (χ0n) is 22.5. The van der Waals surface area contributed by atoms with Crippen molar-refractivity contribution in [1.82, 2.24) is 4.98 Å². The van der Waals surface area contributed by atoms with Crippen molar-refractivity contribution < 1.29 is 4.74 Å². The Bertz CT molecular complexity index is 815. The van der Waals surface area contributed by atoms with E-state index in [1.807, 2.05) is 0 Å². The molecule has 0 bridgehead atoms. The number of aryl methyl sites for hydroxylation is 1. The summed E-state index contributed by atoms with van der Waals surface area (Å²) in [5, 5.41) is 0. The van der Waals surface area contributed by atoms with Crippen LogP contribution in [0.2, 0.25) is 0 Å². The Hall–Kier alpha value is -2.09. The molecule has 1 saturated carbocycles. The standard InChI is InChI=1S/C33H49NO/c1-3-5-7-8-9-11-14-30-20-25-33(34-27-30)31-21-23-32(24-22-31)35-26-12-15-29-18-16-28(17-19-29)13-10-6-4-2/h12,15,20-25,27-29H,3-11,13-14,16-19,26H2,1-2H3/t28-,29-. The Morgan fingerprint density at radius 3 is 2.23 bits per heavy atom. The van der Waals surface area contributed by atoms with Crippen LogP contribution in [0.25, 0.3) is 11.3 Å². The van der Waals surface area contributed by atoms with Gasteiger partial charge in [-0.05, 0) is 86.3 Å². The molecule has 2 aromatic rings. The van der Waals surface area contributed by atoms with Gasteiger partial charge in [0, 0.05) is 11.8 Å². The highest BCUT2D eigenvalue weighted by atomic mass is 16.5. The van der Waals surface area contributed by atoms with E-state index in [-0.39, 0.29) is 0 Å². The lowest BCUT2D eigenvalue weighted by molar-refractivity contribution is 0.288. The van der Waals surface area contributed by atoms with Crippen LogP contribution < -0.4 is 4.74 Å². The molecule has 1 aromatic carbocycles. The summed E-state index contributed by atoms with van der Waals surface area (Å²) in [5.74, 6) is 2.66. The van der Waals surface area contributed by atoms with Crippen molar-refractivity contribution in [2.75, 3.05) is 6.61 Å². The van der Waals surface area contributed by atoms with E-state index in [2.05, 4.69) is 68.6 Å². The number of hydrogen-bond acceptors (Lipinski definition) is 2. The minimum Gasteiger partial charge on any atom is -0.490 e. The zero-order valence-corrected chi connectivity index (χ0v) is 22.5. The number of ether oxygens (including phenoxy) is 1. The number of benzene rings is 1. The fourth-order valence-electron chi connectivity index (χ4n) is 5.32. The third-order valence-electron chi connectivity index (χ3n) is 7.66. The zero-order chi connectivity index (χ0) is 24.6. The number of allylic oxidation sites excluding steroid dienone is 1. The third kappa shape index (κ3) is 10.6. The lowest BCUT2D eigenvalue weighted by Gasteiger charge is -2.26. The van der Waals surface area contributed by atoms with E-state index in [1.54, 1.807) is 0 Å². The second-order valence-corrected chi connectivity index (χ2v) is 10.6. The molecule has 0 N–H and O–H groups in total. The molecule has 1 aliphatic carbocycles. The number of pyridine rings is 1. The van der Waals surface area contributed by atoms with E-state index in [0.29, 0.717) is 6.61 Å². The Balaban J connectivity index is 1.33. The molecule has 0 spiro atoms. The Labute approximate surface area is 215 Å². The van der Waals surface area contributed by atoms with E-state index in [1.165, 1.54) is 95.5 Å². The molecule has 0 unspecified atom stereocenters. The summed E-state index contributed by atoms with van der Waals surface area (Å²) in [5.41, 5.74) is 3.53. The van der Waals surface area contributed by atoms with Gasteiger partial charge in [0.25, 0.3) is 0 Å². The molecule has 2 heteroatoms. The normalized spacial score (nSPS) is 18.2. The highest BCUT2D eigenvalue weighted by Crippen LogP contribution is 2.32. The van der Waals surface area contributed by atoms with Crippen molar-refractivity contribution in [3.8, 4) is 17.0 Å². The maximum Gasteiger partial charge on any atom is 0.119 e. The monoisotopic (exact) mass is 475 g/mol. The van der Waals surface area contributed by atoms with Gasteiger partial charge in [0.2, 0.25) is 0 Å². The van der Waals surface area contributed by atoms with Crippen molar-refractivity contribution in [2.45, 2.75) is 110 Å². The first-order chi connectivity index (χ1) is 17.3. The van der Waals surface area contributed by atoms with Crippen LogP contribution in [0.5, 0.6) is 5.75 Å². The largest absolute Gasteiger partial charge is 0.490 e. The highest BCUT2D eigenvalue weighted by Gasteiger charge is 2.18. The average Bonchev–Trinajstić information content (AvgIpc) is 2.90. The number of hydrogen-bond donors (Lipinski definition) is 0. The second kappa shape index (κ2) is 16.6. The maximum atomic E-state index is 5.97. The predicted molar refractivity (Wildman–Crippen MR) is 151 cm³/mol. The van der Waals surface area contributed by atoms with Gasteiger partial charge < -0.3 is 4.74 Å². The number of unbranched alkanes of at least 4 members (excludes halogenated alkanes) is 7. The summed E-state index contributed by atoms with van der Waals surface area (Å²) in [4.78, 5) is 4.71. The second-order valence-electron chi connectivity index (χ2n) is 10.6. The van der Waals surface area contributed by atoms with Crippen molar-refractivity contribution in [2.24, 2.45) is 11.8 Å². The van der Waals surface area contributed by atoms with Gasteiger partial charge >= 0.3 is 0 Å². The molecule has 0 aliphatic heterocycles. The van der Waals surface area contributed by atoms with Gasteiger partial charge in [0.05, 0.1) is 5.69 Å². The Kier molecular flexibility index (Phi) is 13.0. The van der Waals surface area contributed by atoms with E-state index >= 15 is 0 Å². The van der Waals surface area contributed by atoms with Crippen molar-refractivity contribution in [3.63, 3.8) is 0 Å². The van der Waals surface area contributed by atoms with Gasteiger partial charge in [-0.1, -0.05) is 89.9 Å². The first kappa shape index (κ1) is 27.5. The van der Waals surface area contributed by atoms with Crippen LogP contribution in [0.1, 0.15) is 109 Å². The number of aromatic nitrogens is 1. The summed E-state index contributed by atoms with van der Waals surface area (Å²) in [7, 11) is 0. The molecule has 1 heterocycles. The average molecular weight is 476 g/mol. The molecule has 0 atom stereocenters. The molecule has 35 heavy (non-hydrogen) atoms. The van der Waals surface area contributed by atoms with Crippen LogP contribution in [-0.2, 0) is 6.42 Å². The van der Waals surface area contributed by atoms with Crippen LogP contribution in [0.3, 0.4) is 0 Å². The number of rotatable bonds is 16. The smallest absolute Gasteiger partial charge is 0.119 e. The van der Waals surface area contributed by atoms with Crippen LogP contribution in [0, 0.1) is 11.8 Å². The molecule has 0 amide bonds. The Morgan fingerprint density at radius 1 is 0.800 bits per heavy atom. The molecule has 0 radical (unpaired) electrons. The summed E-state index contributed by atoms with van der Waals surface area (Å²) in [6.07, 6.45) is 27.0. The molecule has 1 aliphatic rings. The molecule has 0 saturated heterocycles. The van der Waals surface area contributed by atoms with Gasteiger partial charge in [-0.25, -0.2) is 0 Å². The van der Waals surface area contributed by atoms with Gasteiger partial charge in [-0.15, -0.1) is 0 Å². The number of nitrogens with zero attached hydrogens (tertiary/aromatic N) is 1. The van der Waals surface area contributed by atoms with E-state index in [4.69, 9.17) is 9.72 Å². The van der Waals surface area contributed by atoms with Crippen LogP contribution in [-0.4, -0.2) is 11.6 Å². The maximum absolute atomic E-state index is 5.97. The molecule has 1 aromatic heterocycles. The predicted octanol–water partition coefficient (Wildman–Crippen LogP) is 9.97. The molecular formula is C33H49NO. The van der Waals surface area contributed by atoms with E-state index in [0.717, 1.165) is 35.3 Å². The molecular weight excluding hydrogens is 426 g/mol. The summed E-state index contributed by atoms with van der Waals surface area (Å²) < 4.78 is 5.97. The molecule has 3 rings (SSSR count). The van der Waals surface area contributed by atoms with Crippen molar-refractivity contribution in [3.05, 3.63) is 60.3 Å².